The SMILES string of the molecule is CN(C)C(=O)N1CC[C@H](c2nnc3ccc(C(=O)NCCc4ccncc4)cn23)C1. The van der Waals surface area contributed by atoms with E-state index >= 15 is 0 Å². The van der Waals surface area contributed by atoms with Crippen LogP contribution in [0.15, 0.2) is 42.9 Å². The average Bonchev–Trinajstić information content (AvgIpc) is 3.40. The first-order valence-electron chi connectivity index (χ1n) is 10.0. The number of pyridine rings is 2. The first-order valence-corrected chi connectivity index (χ1v) is 10.0. The smallest absolute Gasteiger partial charge is 0.319 e. The van der Waals surface area contributed by atoms with Crippen molar-refractivity contribution in [2.24, 2.45) is 0 Å². The number of carbonyl (C=O) groups is 2. The van der Waals surface area contributed by atoms with E-state index in [4.69, 9.17) is 0 Å². The molecule has 0 aromatic carbocycles. The Labute approximate surface area is 174 Å². The molecule has 0 unspecified atom stereocenters. The number of nitrogens with one attached hydrogen (secondary N) is 1. The van der Waals surface area contributed by atoms with Crippen molar-refractivity contribution in [3.63, 3.8) is 0 Å². The molecule has 0 spiro atoms. The van der Waals surface area contributed by atoms with Crippen LogP contribution in [0.1, 0.15) is 34.1 Å². The Bertz CT molecular complexity index is 1050. The van der Waals surface area contributed by atoms with Crippen molar-refractivity contribution in [2.75, 3.05) is 33.7 Å². The molecular formula is C21H25N7O2. The van der Waals surface area contributed by atoms with Gasteiger partial charge in [0.05, 0.1) is 5.56 Å². The summed E-state index contributed by atoms with van der Waals surface area (Å²) in [6.45, 7) is 1.83. The van der Waals surface area contributed by atoms with Crippen molar-refractivity contribution < 1.29 is 9.59 Å². The van der Waals surface area contributed by atoms with Crippen LogP contribution in [0.4, 0.5) is 4.79 Å². The number of carbonyl (C=O) groups excluding carboxylic acids is 2. The summed E-state index contributed by atoms with van der Waals surface area (Å²) in [4.78, 5) is 32.2. The molecule has 9 nitrogen and oxygen atoms in total. The van der Waals surface area contributed by atoms with Crippen LogP contribution in [0.5, 0.6) is 0 Å². The van der Waals surface area contributed by atoms with Crippen LogP contribution in [0, 0.1) is 0 Å². The summed E-state index contributed by atoms with van der Waals surface area (Å²) >= 11 is 0. The zero-order valence-corrected chi connectivity index (χ0v) is 17.2. The number of likely N-dealkylation sites (tertiary alicyclic amines) is 1. The van der Waals surface area contributed by atoms with E-state index in [1.165, 1.54) is 0 Å². The monoisotopic (exact) mass is 407 g/mol. The fourth-order valence-corrected chi connectivity index (χ4v) is 3.72. The van der Waals surface area contributed by atoms with Gasteiger partial charge in [0, 0.05) is 58.2 Å². The molecule has 1 fully saturated rings. The average molecular weight is 407 g/mol. The van der Waals surface area contributed by atoms with Gasteiger partial charge in [-0.15, -0.1) is 10.2 Å². The zero-order chi connectivity index (χ0) is 21.1. The van der Waals surface area contributed by atoms with Crippen LogP contribution in [0.2, 0.25) is 0 Å². The Kier molecular flexibility index (Phi) is 5.60. The number of nitrogens with zero attached hydrogens (tertiary/aromatic N) is 6. The van der Waals surface area contributed by atoms with E-state index in [1.807, 2.05) is 21.4 Å². The van der Waals surface area contributed by atoms with Gasteiger partial charge in [0.15, 0.2) is 5.65 Å². The Balaban J connectivity index is 1.45. The zero-order valence-electron chi connectivity index (χ0n) is 17.2. The van der Waals surface area contributed by atoms with Gasteiger partial charge >= 0.3 is 6.03 Å². The highest BCUT2D eigenvalue weighted by Crippen LogP contribution is 2.27. The first-order chi connectivity index (χ1) is 14.5. The minimum Gasteiger partial charge on any atom is -0.352 e. The number of aromatic nitrogens is 4. The van der Waals surface area contributed by atoms with Crippen molar-refractivity contribution in [3.05, 3.63) is 59.8 Å². The van der Waals surface area contributed by atoms with Crippen molar-refractivity contribution in [1.29, 1.82) is 0 Å². The molecule has 156 valence electrons. The predicted molar refractivity (Wildman–Crippen MR) is 111 cm³/mol. The summed E-state index contributed by atoms with van der Waals surface area (Å²) < 4.78 is 1.87. The Hall–Kier alpha value is -3.49. The molecule has 1 atom stereocenters. The van der Waals surface area contributed by atoms with Gasteiger partial charge in [-0.05, 0) is 42.7 Å². The Morgan fingerprint density at radius 2 is 1.97 bits per heavy atom. The number of hydrogen-bond donors (Lipinski definition) is 1. The van der Waals surface area contributed by atoms with Gasteiger partial charge in [-0.1, -0.05) is 0 Å². The summed E-state index contributed by atoms with van der Waals surface area (Å²) in [6, 6.07) is 7.43. The van der Waals surface area contributed by atoms with Crippen molar-refractivity contribution in [1.82, 2.24) is 34.7 Å². The summed E-state index contributed by atoms with van der Waals surface area (Å²) in [5.74, 6) is 0.737. The van der Waals surface area contributed by atoms with Crippen molar-refractivity contribution >= 4 is 17.6 Å². The fraction of sp³-hybridized carbons (Fsp3) is 0.381. The summed E-state index contributed by atoms with van der Waals surface area (Å²) in [5, 5.41) is 11.5. The maximum atomic E-state index is 12.6. The normalized spacial score (nSPS) is 16.1. The maximum Gasteiger partial charge on any atom is 0.319 e. The molecule has 3 amide bonds. The molecule has 0 saturated carbocycles. The molecular weight excluding hydrogens is 382 g/mol. The van der Waals surface area contributed by atoms with Gasteiger partial charge in [0.1, 0.15) is 5.82 Å². The molecule has 0 bridgehead atoms. The predicted octanol–water partition coefficient (Wildman–Crippen LogP) is 1.57. The highest BCUT2D eigenvalue weighted by molar-refractivity contribution is 5.94. The molecule has 9 heteroatoms. The lowest BCUT2D eigenvalue weighted by Gasteiger charge is -2.21. The lowest BCUT2D eigenvalue weighted by molar-refractivity contribution is 0.0953. The largest absolute Gasteiger partial charge is 0.352 e. The van der Waals surface area contributed by atoms with Crippen LogP contribution in [-0.4, -0.2) is 75.0 Å². The minimum atomic E-state index is -0.138. The van der Waals surface area contributed by atoms with Crippen LogP contribution in [0.3, 0.4) is 0 Å². The molecule has 30 heavy (non-hydrogen) atoms. The molecule has 1 saturated heterocycles. The molecule has 3 aromatic rings. The third kappa shape index (κ3) is 4.10. The molecule has 1 N–H and O–H groups in total. The molecule has 4 heterocycles. The molecule has 3 aromatic heterocycles. The highest BCUT2D eigenvalue weighted by Gasteiger charge is 2.31. The number of fused-ring (bicyclic) bond motifs is 1. The summed E-state index contributed by atoms with van der Waals surface area (Å²) in [6.07, 6.45) is 6.83. The molecule has 0 aliphatic carbocycles. The van der Waals surface area contributed by atoms with E-state index in [-0.39, 0.29) is 17.9 Å². The summed E-state index contributed by atoms with van der Waals surface area (Å²) in [7, 11) is 3.50. The van der Waals surface area contributed by atoms with Crippen molar-refractivity contribution in [3.8, 4) is 0 Å². The number of hydrogen-bond acceptors (Lipinski definition) is 5. The highest BCUT2D eigenvalue weighted by atomic mass is 16.2. The molecule has 1 aliphatic heterocycles. The third-order valence-corrected chi connectivity index (χ3v) is 5.35. The molecule has 4 rings (SSSR count). The van der Waals surface area contributed by atoms with Gasteiger partial charge in [0.2, 0.25) is 0 Å². The first kappa shape index (κ1) is 19.8. The molecule has 0 radical (unpaired) electrons. The third-order valence-electron chi connectivity index (χ3n) is 5.35. The standard InChI is InChI=1S/C21H25N7O2/c1-26(2)21(30)27-12-8-16(13-27)19-25-24-18-4-3-17(14-28(18)19)20(29)23-11-7-15-5-9-22-10-6-15/h3-6,9-10,14,16H,7-8,11-13H2,1-2H3,(H,23,29)/t16-/m0/s1. The van der Waals surface area contributed by atoms with Gasteiger partial charge in [-0.3, -0.25) is 14.2 Å². The van der Waals surface area contributed by atoms with Gasteiger partial charge in [0.25, 0.3) is 5.91 Å². The minimum absolute atomic E-state index is 0.000542. The summed E-state index contributed by atoms with van der Waals surface area (Å²) in [5.41, 5.74) is 2.37. The van der Waals surface area contributed by atoms with Crippen LogP contribution in [-0.2, 0) is 6.42 Å². The Morgan fingerprint density at radius 3 is 2.73 bits per heavy atom. The quantitative estimate of drug-likeness (QED) is 0.693. The van der Waals surface area contributed by atoms with Crippen LogP contribution < -0.4 is 5.32 Å². The van der Waals surface area contributed by atoms with Gasteiger partial charge in [-0.2, -0.15) is 0 Å². The van der Waals surface area contributed by atoms with E-state index in [0.717, 1.165) is 24.2 Å². The fourth-order valence-electron chi connectivity index (χ4n) is 3.72. The van der Waals surface area contributed by atoms with Crippen LogP contribution >= 0.6 is 0 Å². The number of amides is 3. The lowest BCUT2D eigenvalue weighted by Crippen LogP contribution is -2.37. The molecule has 1 aliphatic rings. The maximum absolute atomic E-state index is 12.6. The topological polar surface area (TPSA) is 95.7 Å². The number of rotatable bonds is 5. The van der Waals surface area contributed by atoms with E-state index < -0.39 is 0 Å². The second-order valence-electron chi connectivity index (χ2n) is 7.67. The second-order valence-corrected chi connectivity index (χ2v) is 7.67. The Morgan fingerprint density at radius 1 is 1.17 bits per heavy atom. The number of urea groups is 1. The van der Waals surface area contributed by atoms with E-state index in [0.29, 0.717) is 30.8 Å². The van der Waals surface area contributed by atoms with Crippen LogP contribution in [0.25, 0.3) is 5.65 Å². The lowest BCUT2D eigenvalue weighted by atomic mass is 10.1. The van der Waals surface area contributed by atoms with Gasteiger partial charge < -0.3 is 15.1 Å². The van der Waals surface area contributed by atoms with E-state index in [1.54, 1.807) is 49.7 Å². The van der Waals surface area contributed by atoms with E-state index in [9.17, 15) is 9.59 Å². The van der Waals surface area contributed by atoms with E-state index in [2.05, 4.69) is 20.5 Å². The van der Waals surface area contributed by atoms with Gasteiger partial charge in [-0.25, -0.2) is 4.79 Å². The second kappa shape index (κ2) is 8.48. The van der Waals surface area contributed by atoms with Crippen molar-refractivity contribution in [2.45, 2.75) is 18.8 Å².